The maximum Gasteiger partial charge on any atom is 0.410 e. The monoisotopic (exact) mass is 363 g/mol. The first-order valence-corrected chi connectivity index (χ1v) is 8.49. The van der Waals surface area contributed by atoms with Gasteiger partial charge in [-0.25, -0.2) is 4.79 Å². The first kappa shape index (κ1) is 16.8. The largest absolute Gasteiger partial charge is 0.448 e. The van der Waals surface area contributed by atoms with E-state index in [4.69, 9.17) is 4.74 Å². The maximum absolute atomic E-state index is 12.4. The smallest absolute Gasteiger partial charge is 0.410 e. The van der Waals surface area contributed by atoms with Crippen molar-refractivity contribution in [3.05, 3.63) is 72.1 Å². The maximum atomic E-state index is 12.4. The summed E-state index contributed by atoms with van der Waals surface area (Å²) in [4.78, 5) is 26.9. The summed E-state index contributed by atoms with van der Waals surface area (Å²) in [5, 5.41) is 11.1. The van der Waals surface area contributed by atoms with E-state index in [2.05, 4.69) is 15.5 Å². The fourth-order valence-corrected chi connectivity index (χ4v) is 2.73. The molecule has 1 saturated heterocycles. The van der Waals surface area contributed by atoms with E-state index < -0.39 is 0 Å². The van der Waals surface area contributed by atoms with Crippen molar-refractivity contribution in [1.82, 2.24) is 19.9 Å². The van der Waals surface area contributed by atoms with Gasteiger partial charge in [-0.3, -0.25) is 4.79 Å². The van der Waals surface area contributed by atoms with Crippen LogP contribution in [0.1, 0.15) is 16.1 Å². The molecule has 2 amide bonds. The minimum atomic E-state index is -0.340. The van der Waals surface area contributed by atoms with Crippen LogP contribution < -0.4 is 5.32 Å². The molecule has 0 saturated carbocycles. The van der Waals surface area contributed by atoms with Gasteiger partial charge in [0.25, 0.3) is 5.91 Å². The van der Waals surface area contributed by atoms with Crippen molar-refractivity contribution in [2.45, 2.75) is 6.54 Å². The number of nitrogens with one attached hydrogen (secondary N) is 1. The predicted molar refractivity (Wildman–Crippen MR) is 97.5 cm³/mol. The van der Waals surface area contributed by atoms with Crippen molar-refractivity contribution >= 4 is 17.7 Å². The molecule has 0 aliphatic carbocycles. The van der Waals surface area contributed by atoms with E-state index in [9.17, 15) is 9.59 Å². The van der Waals surface area contributed by atoms with Crippen LogP contribution in [-0.4, -0.2) is 45.0 Å². The molecule has 1 aliphatic rings. The zero-order valence-corrected chi connectivity index (χ0v) is 14.4. The number of para-hydroxylation sites is 1. The molecule has 136 valence electrons. The quantitative estimate of drug-likeness (QED) is 0.752. The zero-order chi connectivity index (χ0) is 18.6. The number of aromatic nitrogens is 3. The van der Waals surface area contributed by atoms with E-state index in [1.165, 1.54) is 11.0 Å². The van der Waals surface area contributed by atoms with Gasteiger partial charge in [-0.15, -0.1) is 5.10 Å². The second-order valence-corrected chi connectivity index (χ2v) is 6.04. The number of nitrogens with zero attached hydrogens (tertiary/aromatic N) is 4. The first-order chi connectivity index (χ1) is 13.2. The van der Waals surface area contributed by atoms with E-state index in [0.29, 0.717) is 25.4 Å². The van der Waals surface area contributed by atoms with Crippen LogP contribution in [0.25, 0.3) is 5.69 Å². The SMILES string of the molecule is O=C(Nc1ccc(CN2CCOC2=O)cc1)c1cnn(-c2ccccc2)n1. The molecule has 4 rings (SSSR count). The lowest BCUT2D eigenvalue weighted by atomic mass is 10.2. The lowest BCUT2D eigenvalue weighted by Gasteiger charge is -2.12. The van der Waals surface area contributed by atoms with Gasteiger partial charge < -0.3 is 15.0 Å². The number of benzene rings is 2. The van der Waals surface area contributed by atoms with Crippen LogP contribution in [0, 0.1) is 0 Å². The Balaban J connectivity index is 1.39. The third kappa shape index (κ3) is 3.79. The molecule has 2 heterocycles. The lowest BCUT2D eigenvalue weighted by molar-refractivity contribution is 0.102. The summed E-state index contributed by atoms with van der Waals surface area (Å²) < 4.78 is 4.91. The molecule has 0 bridgehead atoms. The number of ether oxygens (including phenoxy) is 1. The Morgan fingerprint density at radius 2 is 1.89 bits per heavy atom. The molecular weight excluding hydrogens is 346 g/mol. The van der Waals surface area contributed by atoms with E-state index in [-0.39, 0.29) is 17.7 Å². The van der Waals surface area contributed by atoms with Crippen molar-refractivity contribution in [3.8, 4) is 5.69 Å². The number of hydrogen-bond acceptors (Lipinski definition) is 5. The normalized spacial score (nSPS) is 13.5. The summed E-state index contributed by atoms with van der Waals surface area (Å²) in [5.74, 6) is -0.340. The van der Waals surface area contributed by atoms with E-state index in [1.54, 1.807) is 17.0 Å². The van der Waals surface area contributed by atoms with Crippen LogP contribution >= 0.6 is 0 Å². The fourth-order valence-electron chi connectivity index (χ4n) is 2.73. The topological polar surface area (TPSA) is 89.4 Å². The Labute approximate surface area is 155 Å². The third-order valence-electron chi connectivity index (χ3n) is 4.14. The van der Waals surface area contributed by atoms with Crippen molar-refractivity contribution in [1.29, 1.82) is 0 Å². The lowest BCUT2D eigenvalue weighted by Crippen LogP contribution is -2.23. The Morgan fingerprint density at radius 1 is 1.11 bits per heavy atom. The molecule has 1 fully saturated rings. The minimum absolute atomic E-state index is 0.225. The molecule has 2 aromatic carbocycles. The molecule has 0 unspecified atom stereocenters. The molecule has 27 heavy (non-hydrogen) atoms. The van der Waals surface area contributed by atoms with Gasteiger partial charge in [-0.1, -0.05) is 30.3 Å². The van der Waals surface area contributed by atoms with Gasteiger partial charge in [-0.05, 0) is 29.8 Å². The predicted octanol–water partition coefficient (Wildman–Crippen LogP) is 2.47. The summed E-state index contributed by atoms with van der Waals surface area (Å²) in [6, 6.07) is 16.7. The Morgan fingerprint density at radius 3 is 2.59 bits per heavy atom. The molecule has 0 atom stereocenters. The summed E-state index contributed by atoms with van der Waals surface area (Å²) in [7, 11) is 0. The average molecular weight is 363 g/mol. The summed E-state index contributed by atoms with van der Waals surface area (Å²) in [5.41, 5.74) is 2.60. The van der Waals surface area contributed by atoms with Crippen LogP contribution in [0.4, 0.5) is 10.5 Å². The molecule has 1 aromatic heterocycles. The van der Waals surface area contributed by atoms with Crippen LogP contribution in [0.2, 0.25) is 0 Å². The Kier molecular flexibility index (Phi) is 4.52. The first-order valence-electron chi connectivity index (χ1n) is 8.49. The molecule has 0 spiro atoms. The van der Waals surface area contributed by atoms with Gasteiger partial charge in [0.2, 0.25) is 0 Å². The molecule has 8 heteroatoms. The summed E-state index contributed by atoms with van der Waals surface area (Å²) in [6.45, 7) is 1.50. The molecule has 1 aliphatic heterocycles. The average Bonchev–Trinajstić information content (AvgIpc) is 3.34. The number of rotatable bonds is 5. The summed E-state index contributed by atoms with van der Waals surface area (Å²) >= 11 is 0. The molecular formula is C19H17N5O3. The summed E-state index contributed by atoms with van der Waals surface area (Å²) in [6.07, 6.45) is 1.13. The van der Waals surface area contributed by atoms with Gasteiger partial charge in [0.15, 0.2) is 5.69 Å². The van der Waals surface area contributed by atoms with Crippen molar-refractivity contribution in [2.24, 2.45) is 0 Å². The number of carbonyl (C=O) groups excluding carboxylic acids is 2. The van der Waals surface area contributed by atoms with Crippen LogP contribution in [0.15, 0.2) is 60.8 Å². The van der Waals surface area contributed by atoms with Crippen molar-refractivity contribution < 1.29 is 14.3 Å². The number of anilines is 1. The highest BCUT2D eigenvalue weighted by molar-refractivity contribution is 6.02. The fraction of sp³-hybridized carbons (Fsp3) is 0.158. The highest BCUT2D eigenvalue weighted by atomic mass is 16.6. The second kappa shape index (κ2) is 7.28. The number of amides is 2. The number of cyclic esters (lactones) is 1. The van der Waals surface area contributed by atoms with Crippen LogP contribution in [-0.2, 0) is 11.3 Å². The molecule has 8 nitrogen and oxygen atoms in total. The van der Waals surface area contributed by atoms with Gasteiger partial charge >= 0.3 is 6.09 Å². The van der Waals surface area contributed by atoms with Gasteiger partial charge in [0.1, 0.15) is 6.61 Å². The zero-order valence-electron chi connectivity index (χ0n) is 14.4. The molecule has 3 aromatic rings. The minimum Gasteiger partial charge on any atom is -0.448 e. The highest BCUT2D eigenvalue weighted by Gasteiger charge is 2.21. The number of carbonyl (C=O) groups is 2. The molecule has 0 radical (unpaired) electrons. The van der Waals surface area contributed by atoms with Crippen molar-refractivity contribution in [3.63, 3.8) is 0 Å². The standard InChI is InChI=1S/C19H17N5O3/c25-18(17-12-20-24(22-17)16-4-2-1-3-5-16)21-15-8-6-14(7-9-15)13-23-10-11-27-19(23)26/h1-9,12H,10-11,13H2,(H,21,25). The second-order valence-electron chi connectivity index (χ2n) is 6.04. The molecule has 1 N–H and O–H groups in total. The van der Waals surface area contributed by atoms with E-state index in [1.807, 2.05) is 42.5 Å². The van der Waals surface area contributed by atoms with Crippen LogP contribution in [0.5, 0.6) is 0 Å². The van der Waals surface area contributed by atoms with E-state index >= 15 is 0 Å². The Hall–Kier alpha value is -3.68. The highest BCUT2D eigenvalue weighted by Crippen LogP contribution is 2.15. The van der Waals surface area contributed by atoms with E-state index in [0.717, 1.165) is 11.3 Å². The van der Waals surface area contributed by atoms with Gasteiger partial charge in [-0.2, -0.15) is 9.90 Å². The Bertz CT molecular complexity index is 953. The van der Waals surface area contributed by atoms with Gasteiger partial charge in [0, 0.05) is 12.2 Å². The third-order valence-corrected chi connectivity index (χ3v) is 4.14. The van der Waals surface area contributed by atoms with Crippen molar-refractivity contribution in [2.75, 3.05) is 18.5 Å². The van der Waals surface area contributed by atoms with Crippen LogP contribution in [0.3, 0.4) is 0 Å². The number of hydrogen-bond donors (Lipinski definition) is 1. The van der Waals surface area contributed by atoms with Gasteiger partial charge in [0.05, 0.1) is 18.4 Å².